The molecule has 1 aromatic carbocycles. The molecule has 0 saturated carbocycles. The number of halogens is 4. The SMILES string of the molecule is CC1CN(c2cc(F)c(-c3cnc4c(c3)CCN4)cc2NC(=O)c2c[nH]c(=O)cc2C(F)(F)F)C[C@H](C)N1C. The molecule has 1 amide bonds. The first-order chi connectivity index (χ1) is 18.4. The molecule has 0 spiro atoms. The van der Waals surface area contributed by atoms with Crippen molar-refractivity contribution in [1.82, 2.24) is 14.9 Å². The third kappa shape index (κ3) is 5.20. The molecule has 1 fully saturated rings. The summed E-state index contributed by atoms with van der Waals surface area (Å²) >= 11 is 0. The Hall–Kier alpha value is -3.93. The van der Waals surface area contributed by atoms with Crippen LogP contribution in [0.3, 0.4) is 0 Å². The Morgan fingerprint density at radius 2 is 1.85 bits per heavy atom. The molecular weight excluding hydrogens is 516 g/mol. The van der Waals surface area contributed by atoms with Gasteiger partial charge >= 0.3 is 6.18 Å². The van der Waals surface area contributed by atoms with Gasteiger partial charge in [0.2, 0.25) is 5.56 Å². The van der Waals surface area contributed by atoms with Crippen LogP contribution in [0.1, 0.15) is 35.3 Å². The van der Waals surface area contributed by atoms with Crippen LogP contribution < -0.4 is 21.1 Å². The number of rotatable bonds is 4. The quantitative estimate of drug-likeness (QED) is 0.423. The van der Waals surface area contributed by atoms with Gasteiger partial charge in [-0.3, -0.25) is 14.5 Å². The highest BCUT2D eigenvalue weighted by Gasteiger charge is 2.36. The average Bonchev–Trinajstić information content (AvgIpc) is 3.35. The monoisotopic (exact) mass is 544 g/mol. The number of H-pyrrole nitrogens is 1. The van der Waals surface area contributed by atoms with Gasteiger partial charge in [0.25, 0.3) is 5.91 Å². The molecule has 0 bridgehead atoms. The Bertz CT molecular complexity index is 1480. The van der Waals surface area contributed by atoms with E-state index >= 15 is 4.39 Å². The van der Waals surface area contributed by atoms with Gasteiger partial charge in [0, 0.05) is 61.3 Å². The number of aromatic nitrogens is 2. The normalized spacial score (nSPS) is 19.5. The Balaban J connectivity index is 1.60. The topological polar surface area (TPSA) is 93.4 Å². The number of likely N-dealkylation sites (N-methyl/N-ethyl adjacent to an activating group) is 1. The maximum Gasteiger partial charge on any atom is 0.417 e. The summed E-state index contributed by atoms with van der Waals surface area (Å²) in [6.07, 6.45) is -1.94. The molecule has 3 N–H and O–H groups in total. The molecule has 0 aliphatic carbocycles. The number of carbonyl (C=O) groups is 1. The van der Waals surface area contributed by atoms with E-state index in [4.69, 9.17) is 0 Å². The minimum absolute atomic E-state index is 0.101. The van der Waals surface area contributed by atoms with Crippen molar-refractivity contribution in [2.24, 2.45) is 0 Å². The molecule has 2 aliphatic rings. The Morgan fingerprint density at radius 3 is 2.54 bits per heavy atom. The zero-order valence-electron chi connectivity index (χ0n) is 21.6. The van der Waals surface area contributed by atoms with Crippen LogP contribution in [0, 0.1) is 5.82 Å². The standard InChI is InChI=1S/C27H28F4N6O2/c1-14-12-37(13-15(2)36(14)3)23-9-21(28)18(17-6-16-4-5-32-25(16)34-10-17)7-22(23)35-26(39)19-11-33-24(38)8-20(19)27(29,30)31/h6-11,14-15H,4-5,12-13H2,1-3H3,(H,32,34)(H,33,38)(H,35,39)/t14-,15?/m0/s1. The molecule has 4 heterocycles. The van der Waals surface area contributed by atoms with E-state index in [0.29, 0.717) is 30.4 Å². The van der Waals surface area contributed by atoms with Crippen molar-refractivity contribution < 1.29 is 22.4 Å². The van der Waals surface area contributed by atoms with Crippen LogP contribution >= 0.6 is 0 Å². The summed E-state index contributed by atoms with van der Waals surface area (Å²) in [6.45, 7) is 5.79. The summed E-state index contributed by atoms with van der Waals surface area (Å²) < 4.78 is 56.6. The fourth-order valence-electron chi connectivity index (χ4n) is 5.15. The lowest BCUT2D eigenvalue weighted by Crippen LogP contribution is -2.55. The van der Waals surface area contributed by atoms with E-state index in [1.54, 1.807) is 0 Å². The number of pyridine rings is 2. The zero-order valence-corrected chi connectivity index (χ0v) is 21.6. The van der Waals surface area contributed by atoms with Crippen molar-refractivity contribution >= 4 is 23.1 Å². The van der Waals surface area contributed by atoms with Gasteiger partial charge in [-0.2, -0.15) is 13.2 Å². The third-order valence-electron chi connectivity index (χ3n) is 7.47. The number of alkyl halides is 3. The number of aromatic amines is 1. The molecule has 12 heteroatoms. The molecule has 1 unspecified atom stereocenters. The van der Waals surface area contributed by atoms with E-state index < -0.39 is 34.6 Å². The molecule has 8 nitrogen and oxygen atoms in total. The second-order valence-corrected chi connectivity index (χ2v) is 10.1. The number of hydrogen-bond donors (Lipinski definition) is 3. The molecule has 3 aromatic rings. The van der Waals surface area contributed by atoms with E-state index in [-0.39, 0.29) is 23.3 Å². The Morgan fingerprint density at radius 1 is 1.13 bits per heavy atom. The second-order valence-electron chi connectivity index (χ2n) is 10.1. The Kier molecular flexibility index (Phi) is 6.83. The van der Waals surface area contributed by atoms with Crippen LogP contribution in [0.4, 0.5) is 34.8 Å². The van der Waals surface area contributed by atoms with Gasteiger partial charge in [0.05, 0.1) is 22.5 Å². The van der Waals surface area contributed by atoms with Crippen molar-refractivity contribution in [1.29, 1.82) is 0 Å². The first kappa shape index (κ1) is 26.7. The Labute approximate surface area is 222 Å². The highest BCUT2D eigenvalue weighted by molar-refractivity contribution is 6.07. The van der Waals surface area contributed by atoms with Gasteiger partial charge in [-0.05, 0) is 51.1 Å². The maximum absolute atomic E-state index is 15.6. The van der Waals surface area contributed by atoms with Crippen LogP contribution in [0.5, 0.6) is 0 Å². The van der Waals surface area contributed by atoms with E-state index in [1.807, 2.05) is 31.9 Å². The minimum Gasteiger partial charge on any atom is -0.370 e. The van der Waals surface area contributed by atoms with Gasteiger partial charge in [-0.25, -0.2) is 9.37 Å². The summed E-state index contributed by atoms with van der Waals surface area (Å²) in [6, 6.07) is 5.10. The minimum atomic E-state index is -4.93. The van der Waals surface area contributed by atoms with E-state index in [1.165, 1.54) is 18.3 Å². The van der Waals surface area contributed by atoms with Gasteiger partial charge in [0.1, 0.15) is 11.6 Å². The predicted molar refractivity (Wildman–Crippen MR) is 141 cm³/mol. The molecular formula is C27H28F4N6O2. The first-order valence-electron chi connectivity index (χ1n) is 12.6. The number of nitrogens with one attached hydrogen (secondary N) is 3. The van der Waals surface area contributed by atoms with Gasteiger partial charge in [-0.1, -0.05) is 0 Å². The highest BCUT2D eigenvalue weighted by Crippen LogP contribution is 2.38. The zero-order chi connectivity index (χ0) is 28.1. The van der Waals surface area contributed by atoms with Crippen LogP contribution in [-0.4, -0.2) is 59.5 Å². The number of anilines is 3. The number of amides is 1. The summed E-state index contributed by atoms with van der Waals surface area (Å²) in [5.41, 5.74) is -1.02. The van der Waals surface area contributed by atoms with Crippen molar-refractivity contribution in [2.45, 2.75) is 38.5 Å². The van der Waals surface area contributed by atoms with Gasteiger partial charge in [0.15, 0.2) is 0 Å². The van der Waals surface area contributed by atoms with Crippen molar-refractivity contribution in [2.75, 3.05) is 42.2 Å². The summed E-state index contributed by atoms with van der Waals surface area (Å²) in [7, 11) is 1.99. The lowest BCUT2D eigenvalue weighted by Gasteiger charge is -2.44. The average molecular weight is 545 g/mol. The largest absolute Gasteiger partial charge is 0.417 e. The molecule has 1 saturated heterocycles. The number of carbonyl (C=O) groups excluding carboxylic acids is 1. The molecule has 2 aromatic heterocycles. The van der Waals surface area contributed by atoms with Crippen LogP contribution in [0.2, 0.25) is 0 Å². The number of fused-ring (bicyclic) bond motifs is 1. The number of hydrogen-bond acceptors (Lipinski definition) is 6. The summed E-state index contributed by atoms with van der Waals surface area (Å²) in [5, 5.41) is 5.72. The number of nitrogens with zero attached hydrogens (tertiary/aromatic N) is 3. The predicted octanol–water partition coefficient (Wildman–Crippen LogP) is 4.34. The fraction of sp³-hybridized carbons (Fsp3) is 0.370. The van der Waals surface area contributed by atoms with Crippen LogP contribution in [0.15, 0.2) is 41.5 Å². The van der Waals surface area contributed by atoms with Crippen molar-refractivity contribution in [3.63, 3.8) is 0 Å². The summed E-state index contributed by atoms with van der Waals surface area (Å²) in [4.78, 5) is 35.4. The maximum atomic E-state index is 15.6. The summed E-state index contributed by atoms with van der Waals surface area (Å²) in [5.74, 6) is -0.902. The molecule has 39 heavy (non-hydrogen) atoms. The molecule has 2 aliphatic heterocycles. The molecule has 5 rings (SSSR count). The smallest absolute Gasteiger partial charge is 0.370 e. The van der Waals surface area contributed by atoms with Crippen LogP contribution in [-0.2, 0) is 12.6 Å². The van der Waals surface area contributed by atoms with E-state index in [9.17, 15) is 22.8 Å². The lowest BCUT2D eigenvalue weighted by atomic mass is 10.0. The second kappa shape index (κ2) is 9.99. The van der Waals surface area contributed by atoms with E-state index in [0.717, 1.165) is 30.5 Å². The third-order valence-corrected chi connectivity index (χ3v) is 7.47. The van der Waals surface area contributed by atoms with E-state index in [2.05, 4.69) is 25.5 Å². The molecule has 206 valence electrons. The van der Waals surface area contributed by atoms with Crippen molar-refractivity contribution in [3.8, 4) is 11.1 Å². The number of piperazine rings is 1. The van der Waals surface area contributed by atoms with Crippen LogP contribution in [0.25, 0.3) is 11.1 Å². The van der Waals surface area contributed by atoms with Crippen molar-refractivity contribution in [3.05, 3.63) is 69.5 Å². The first-order valence-corrected chi connectivity index (χ1v) is 12.6. The van der Waals surface area contributed by atoms with Gasteiger partial charge in [-0.15, -0.1) is 0 Å². The fourth-order valence-corrected chi connectivity index (χ4v) is 5.15. The molecule has 0 radical (unpaired) electrons. The molecule has 2 atom stereocenters. The highest BCUT2D eigenvalue weighted by atomic mass is 19.4. The number of benzene rings is 1. The lowest BCUT2D eigenvalue weighted by molar-refractivity contribution is -0.138. The van der Waals surface area contributed by atoms with Gasteiger partial charge < -0.3 is 20.5 Å².